The van der Waals surface area contributed by atoms with Gasteiger partial charge >= 0.3 is 12.1 Å². The zero-order valence-corrected chi connectivity index (χ0v) is 21.2. The second-order valence-electron chi connectivity index (χ2n) is 7.85. The summed E-state index contributed by atoms with van der Waals surface area (Å²) in [5.74, 6) is 0.264. The zero-order chi connectivity index (χ0) is 24.1. The Morgan fingerprint density at radius 3 is 2.61 bits per heavy atom. The average molecular weight is 566 g/mol. The van der Waals surface area contributed by atoms with Crippen molar-refractivity contribution in [3.8, 4) is 16.3 Å². The van der Waals surface area contributed by atoms with E-state index < -0.39 is 18.8 Å². The number of aliphatic carboxylic acids is 1. The van der Waals surface area contributed by atoms with Gasteiger partial charge in [-0.15, -0.1) is 24.8 Å². The average Bonchev–Trinajstić information content (AvgIpc) is 3.28. The van der Waals surface area contributed by atoms with Crippen molar-refractivity contribution >= 4 is 58.9 Å². The fourth-order valence-electron chi connectivity index (χ4n) is 3.61. The van der Waals surface area contributed by atoms with Gasteiger partial charge in [0.05, 0.1) is 10.6 Å². The number of hydrogen-bond acceptors (Lipinski definition) is 8. The summed E-state index contributed by atoms with van der Waals surface area (Å²) in [6, 6.07) is 8.11. The van der Waals surface area contributed by atoms with E-state index in [4.69, 9.17) is 9.84 Å². The summed E-state index contributed by atoms with van der Waals surface area (Å²) in [6.07, 6.45) is 0.517. The largest absolute Gasteiger partial charge is 0.484 e. The number of aromatic nitrogens is 3. The van der Waals surface area contributed by atoms with Crippen LogP contribution in [0.2, 0.25) is 0 Å². The fraction of sp³-hybridized carbons (Fsp3) is 0.364. The van der Waals surface area contributed by atoms with Crippen LogP contribution in [0.4, 0.5) is 29.9 Å². The highest BCUT2D eigenvalue weighted by Gasteiger charge is 2.28. The second kappa shape index (κ2) is 12.9. The standard InChI is InChI=1S/C22H22F3N5O3S.2ClH/c23-22(24,25)13-33-15-4-7-26-19(11-15)29-18-3-1-2-16(28-18)17-12-27-21(34-17)30-8-5-14(6-9-30)10-20(31)32;;/h1-4,7,11-12,14H,5-6,8-10,13H2,(H,31,32)(H,26,28,29);2*1H. The summed E-state index contributed by atoms with van der Waals surface area (Å²) in [4.78, 5) is 27.1. The van der Waals surface area contributed by atoms with Crippen LogP contribution in [0.25, 0.3) is 10.6 Å². The first-order chi connectivity index (χ1) is 16.2. The van der Waals surface area contributed by atoms with Crippen molar-refractivity contribution in [2.24, 2.45) is 5.92 Å². The van der Waals surface area contributed by atoms with Crippen molar-refractivity contribution in [3.05, 3.63) is 42.7 Å². The quantitative estimate of drug-likeness (QED) is 0.352. The van der Waals surface area contributed by atoms with E-state index in [1.54, 1.807) is 12.3 Å². The van der Waals surface area contributed by atoms with E-state index in [1.165, 1.54) is 29.7 Å². The lowest BCUT2D eigenvalue weighted by molar-refractivity contribution is -0.153. The summed E-state index contributed by atoms with van der Waals surface area (Å²) in [7, 11) is 0. The first kappa shape index (κ1) is 29.4. The molecule has 0 amide bonds. The van der Waals surface area contributed by atoms with Gasteiger partial charge in [-0.2, -0.15) is 13.2 Å². The molecule has 36 heavy (non-hydrogen) atoms. The van der Waals surface area contributed by atoms with Crippen LogP contribution in [0.15, 0.2) is 42.7 Å². The summed E-state index contributed by atoms with van der Waals surface area (Å²) >= 11 is 1.50. The molecule has 3 aromatic heterocycles. The van der Waals surface area contributed by atoms with E-state index in [-0.39, 0.29) is 42.9 Å². The number of halogens is 5. The summed E-state index contributed by atoms with van der Waals surface area (Å²) in [5, 5.41) is 12.8. The van der Waals surface area contributed by atoms with Crippen LogP contribution >= 0.6 is 36.2 Å². The van der Waals surface area contributed by atoms with E-state index in [2.05, 4.69) is 25.2 Å². The van der Waals surface area contributed by atoms with E-state index >= 15 is 0 Å². The molecule has 4 rings (SSSR count). The van der Waals surface area contributed by atoms with Gasteiger partial charge in [-0.3, -0.25) is 4.79 Å². The number of hydrogen-bond donors (Lipinski definition) is 2. The molecule has 1 aliphatic heterocycles. The molecule has 3 aromatic rings. The molecule has 196 valence electrons. The monoisotopic (exact) mass is 565 g/mol. The molecular formula is C22H24Cl2F3N5O3S. The molecule has 2 N–H and O–H groups in total. The Morgan fingerprint density at radius 1 is 1.17 bits per heavy atom. The molecule has 0 atom stereocenters. The number of carbonyl (C=O) groups is 1. The van der Waals surface area contributed by atoms with Gasteiger partial charge in [-0.1, -0.05) is 17.4 Å². The molecule has 0 unspecified atom stereocenters. The third kappa shape index (κ3) is 8.38. The second-order valence-corrected chi connectivity index (χ2v) is 8.86. The predicted molar refractivity (Wildman–Crippen MR) is 136 cm³/mol. The number of thiazole rings is 1. The van der Waals surface area contributed by atoms with Crippen LogP contribution in [0.1, 0.15) is 19.3 Å². The Bertz CT molecular complexity index is 1140. The van der Waals surface area contributed by atoms with Gasteiger partial charge in [-0.25, -0.2) is 15.0 Å². The third-order valence-electron chi connectivity index (χ3n) is 5.23. The molecule has 0 saturated carbocycles. The highest BCUT2D eigenvalue weighted by molar-refractivity contribution is 7.18. The number of rotatable bonds is 8. The normalized spacial score (nSPS) is 13.9. The molecule has 0 aromatic carbocycles. The van der Waals surface area contributed by atoms with E-state index in [9.17, 15) is 18.0 Å². The molecule has 1 fully saturated rings. The third-order valence-corrected chi connectivity index (χ3v) is 6.31. The predicted octanol–water partition coefficient (Wildman–Crippen LogP) is 5.82. The maximum atomic E-state index is 12.4. The van der Waals surface area contributed by atoms with E-state index in [0.29, 0.717) is 17.3 Å². The molecule has 1 saturated heterocycles. The molecule has 8 nitrogen and oxygen atoms in total. The van der Waals surface area contributed by atoms with Crippen LogP contribution in [0.3, 0.4) is 0 Å². The topological polar surface area (TPSA) is 100 Å². The lowest BCUT2D eigenvalue weighted by Crippen LogP contribution is -2.34. The molecule has 1 aliphatic rings. The highest BCUT2D eigenvalue weighted by atomic mass is 35.5. The minimum Gasteiger partial charge on any atom is -0.484 e. The summed E-state index contributed by atoms with van der Waals surface area (Å²) < 4.78 is 41.9. The molecule has 0 bridgehead atoms. The number of pyridine rings is 2. The molecule has 14 heteroatoms. The van der Waals surface area contributed by atoms with Crippen LogP contribution < -0.4 is 15.0 Å². The van der Waals surface area contributed by atoms with Crippen LogP contribution in [0.5, 0.6) is 5.75 Å². The SMILES string of the molecule is Cl.Cl.O=C(O)CC1CCN(c2ncc(-c3cccc(Nc4cc(OCC(F)(F)F)ccn4)n3)s2)CC1. The minimum atomic E-state index is -4.42. The lowest BCUT2D eigenvalue weighted by atomic mass is 9.94. The van der Waals surface area contributed by atoms with Crippen LogP contribution in [-0.4, -0.2) is 51.9 Å². The van der Waals surface area contributed by atoms with Crippen molar-refractivity contribution in [3.63, 3.8) is 0 Å². The van der Waals surface area contributed by atoms with Crippen LogP contribution in [0, 0.1) is 5.92 Å². The van der Waals surface area contributed by atoms with Crippen LogP contribution in [-0.2, 0) is 4.79 Å². The number of carboxylic acid groups (broad SMARTS) is 1. The summed E-state index contributed by atoms with van der Waals surface area (Å²) in [5.41, 5.74) is 0.694. The van der Waals surface area contributed by atoms with Crippen molar-refractivity contribution in [2.75, 3.05) is 29.9 Å². The van der Waals surface area contributed by atoms with Gasteiger partial charge in [0.15, 0.2) is 11.7 Å². The number of nitrogens with zero attached hydrogens (tertiary/aromatic N) is 4. The number of nitrogens with one attached hydrogen (secondary N) is 1. The summed E-state index contributed by atoms with van der Waals surface area (Å²) in [6.45, 7) is 0.145. The molecule has 0 radical (unpaired) electrons. The van der Waals surface area contributed by atoms with Gasteiger partial charge in [0.1, 0.15) is 17.4 Å². The Balaban J connectivity index is 0.00000228. The lowest BCUT2D eigenvalue weighted by Gasteiger charge is -2.30. The smallest absolute Gasteiger partial charge is 0.422 e. The highest BCUT2D eigenvalue weighted by Crippen LogP contribution is 2.33. The fourth-order valence-corrected chi connectivity index (χ4v) is 4.55. The van der Waals surface area contributed by atoms with Crippen molar-refractivity contribution in [2.45, 2.75) is 25.4 Å². The zero-order valence-electron chi connectivity index (χ0n) is 18.8. The number of alkyl halides is 3. The van der Waals surface area contributed by atoms with Gasteiger partial charge < -0.3 is 20.1 Å². The van der Waals surface area contributed by atoms with Gasteiger partial charge in [0.2, 0.25) is 0 Å². The minimum absolute atomic E-state index is 0. The molecular weight excluding hydrogens is 542 g/mol. The number of anilines is 3. The number of piperidine rings is 1. The molecule has 4 heterocycles. The number of ether oxygens (including phenoxy) is 1. The Hall–Kier alpha value is -2.83. The first-order valence-electron chi connectivity index (χ1n) is 10.6. The van der Waals surface area contributed by atoms with Crippen molar-refractivity contribution < 1.29 is 27.8 Å². The van der Waals surface area contributed by atoms with Crippen molar-refractivity contribution in [1.82, 2.24) is 15.0 Å². The van der Waals surface area contributed by atoms with E-state index in [0.717, 1.165) is 35.9 Å². The maximum Gasteiger partial charge on any atom is 0.422 e. The Labute approximate surface area is 221 Å². The van der Waals surface area contributed by atoms with Gasteiger partial charge in [0, 0.05) is 38.0 Å². The van der Waals surface area contributed by atoms with Crippen molar-refractivity contribution in [1.29, 1.82) is 0 Å². The Kier molecular flexibility index (Phi) is 10.6. The molecule has 0 spiro atoms. The Morgan fingerprint density at radius 2 is 1.92 bits per heavy atom. The van der Waals surface area contributed by atoms with Gasteiger partial charge in [0.25, 0.3) is 0 Å². The first-order valence-corrected chi connectivity index (χ1v) is 11.4. The maximum absolute atomic E-state index is 12.4. The number of carboxylic acids is 1. The van der Waals surface area contributed by atoms with E-state index in [1.807, 2.05) is 12.1 Å². The van der Waals surface area contributed by atoms with Gasteiger partial charge in [-0.05, 0) is 37.0 Å². The molecule has 0 aliphatic carbocycles.